The molecule has 2 aromatic heterocycles. The van der Waals surface area contributed by atoms with Gasteiger partial charge in [-0.3, -0.25) is 19.4 Å². The summed E-state index contributed by atoms with van der Waals surface area (Å²) in [6.45, 7) is 1.40. The van der Waals surface area contributed by atoms with Gasteiger partial charge in [-0.1, -0.05) is 91.0 Å². The standard InChI is InChI=1S/C47H52N8O3/c1-52(2)42(33-14-8-6-9-15-33)46(56)54-26-12-18-39(54)44-48-29-37(50-44)32-22-20-31(21-23-32)35-24-25-41(58-5)36(28-35)38-30-49-45(51-38)40-19-13-27-55(40)47(57)43(53(3)4)34-16-10-7-11-17-34/h6-11,14-17,20-25,28-30,39-40,42-43H,12-13,18-19,26-27H2,1-5H3,(H,48,50)(H,49,51)/t39-,40-,42+,43+/m0/s1. The van der Waals surface area contributed by atoms with Gasteiger partial charge in [0.2, 0.25) is 11.8 Å². The third kappa shape index (κ3) is 7.67. The van der Waals surface area contributed by atoms with Crippen molar-refractivity contribution < 1.29 is 14.3 Å². The van der Waals surface area contributed by atoms with Crippen LogP contribution in [0.2, 0.25) is 0 Å². The van der Waals surface area contributed by atoms with Gasteiger partial charge in [-0.15, -0.1) is 0 Å². The smallest absolute Gasteiger partial charge is 0.245 e. The number of hydrogen-bond acceptors (Lipinski definition) is 7. The van der Waals surface area contributed by atoms with Crippen LogP contribution in [0, 0.1) is 0 Å². The highest BCUT2D eigenvalue weighted by molar-refractivity contribution is 5.85. The minimum Gasteiger partial charge on any atom is -0.496 e. The van der Waals surface area contributed by atoms with Crippen LogP contribution in [0.1, 0.15) is 72.6 Å². The molecule has 4 aromatic carbocycles. The van der Waals surface area contributed by atoms with Gasteiger partial charge in [0.25, 0.3) is 0 Å². The molecule has 2 fully saturated rings. The Labute approximate surface area is 340 Å². The molecule has 2 amide bonds. The molecule has 8 rings (SSSR count). The molecule has 6 aromatic rings. The second-order valence-electron chi connectivity index (χ2n) is 15.8. The van der Waals surface area contributed by atoms with Gasteiger partial charge in [-0.2, -0.15) is 0 Å². The Morgan fingerprint density at radius 3 is 1.60 bits per heavy atom. The molecule has 2 aliphatic heterocycles. The van der Waals surface area contributed by atoms with E-state index in [1.807, 2.05) is 127 Å². The van der Waals surface area contributed by atoms with E-state index in [4.69, 9.17) is 14.7 Å². The summed E-state index contributed by atoms with van der Waals surface area (Å²) >= 11 is 0. The fourth-order valence-corrected chi connectivity index (χ4v) is 8.77. The Kier molecular flexibility index (Phi) is 11.3. The number of rotatable bonds is 12. The first-order valence-corrected chi connectivity index (χ1v) is 20.1. The van der Waals surface area contributed by atoms with Crippen LogP contribution < -0.4 is 4.74 Å². The summed E-state index contributed by atoms with van der Waals surface area (Å²) in [5, 5.41) is 0. The largest absolute Gasteiger partial charge is 0.496 e. The monoisotopic (exact) mass is 776 g/mol. The van der Waals surface area contributed by atoms with Gasteiger partial charge in [0.1, 0.15) is 29.5 Å². The highest BCUT2D eigenvalue weighted by Gasteiger charge is 2.38. The molecular weight excluding hydrogens is 725 g/mol. The maximum absolute atomic E-state index is 14.1. The predicted octanol–water partition coefficient (Wildman–Crippen LogP) is 8.08. The second-order valence-corrected chi connectivity index (χ2v) is 15.8. The van der Waals surface area contributed by atoms with E-state index >= 15 is 0 Å². The highest BCUT2D eigenvalue weighted by atomic mass is 16.5. The normalized spacial score (nSPS) is 17.9. The van der Waals surface area contributed by atoms with Crippen LogP contribution in [-0.2, 0) is 9.59 Å². The highest BCUT2D eigenvalue weighted by Crippen LogP contribution is 2.39. The number of imidazole rings is 2. The number of amides is 2. The van der Waals surface area contributed by atoms with Crippen LogP contribution in [0.4, 0.5) is 0 Å². The average Bonchev–Trinajstić information content (AvgIpc) is 4.08. The first-order chi connectivity index (χ1) is 28.2. The molecule has 0 aliphatic carbocycles. The maximum atomic E-state index is 14.1. The number of benzene rings is 4. The van der Waals surface area contributed by atoms with Crippen molar-refractivity contribution in [3.63, 3.8) is 0 Å². The zero-order chi connectivity index (χ0) is 40.3. The Bertz CT molecular complexity index is 2340. The van der Waals surface area contributed by atoms with Gasteiger partial charge in [0, 0.05) is 18.7 Å². The Morgan fingerprint density at radius 2 is 1.10 bits per heavy atom. The lowest BCUT2D eigenvalue weighted by molar-refractivity contribution is -0.138. The number of hydrogen-bond donors (Lipinski definition) is 2. The second kappa shape index (κ2) is 16.8. The van der Waals surface area contributed by atoms with Gasteiger partial charge in [-0.05, 0) is 93.8 Å². The fraction of sp³-hybridized carbons (Fsp3) is 0.319. The van der Waals surface area contributed by atoms with Crippen molar-refractivity contribution >= 4 is 11.8 Å². The minimum absolute atomic E-state index is 0.0821. The number of ether oxygens (including phenoxy) is 1. The molecule has 0 radical (unpaired) electrons. The van der Waals surface area contributed by atoms with Gasteiger partial charge in [0.15, 0.2) is 0 Å². The van der Waals surface area contributed by atoms with E-state index in [2.05, 4.69) is 46.4 Å². The van der Waals surface area contributed by atoms with E-state index in [1.165, 1.54) is 0 Å². The number of aromatic amines is 2. The number of carbonyl (C=O) groups is 2. The molecule has 0 unspecified atom stereocenters. The quantitative estimate of drug-likeness (QED) is 0.129. The van der Waals surface area contributed by atoms with Crippen molar-refractivity contribution in [1.29, 1.82) is 0 Å². The molecule has 0 bridgehead atoms. The first-order valence-electron chi connectivity index (χ1n) is 20.1. The summed E-state index contributed by atoms with van der Waals surface area (Å²) in [6, 6.07) is 33.6. The van der Waals surface area contributed by atoms with Crippen molar-refractivity contribution in [3.05, 3.63) is 138 Å². The predicted molar refractivity (Wildman–Crippen MR) is 227 cm³/mol. The SMILES string of the molecule is COc1ccc(-c2ccc(-c3cnc([C@@H]4CCCN4C(=O)[C@@H](c4ccccc4)N(C)C)[nH]3)cc2)cc1-c1cnc([C@@H]2CCCN2C(=O)[C@@H](c2ccccc2)N(C)C)[nH]1. The molecule has 298 valence electrons. The zero-order valence-electron chi connectivity index (χ0n) is 33.9. The first kappa shape index (κ1) is 38.8. The summed E-state index contributed by atoms with van der Waals surface area (Å²) in [5.41, 5.74) is 7.71. The van der Waals surface area contributed by atoms with Gasteiger partial charge >= 0.3 is 0 Å². The van der Waals surface area contributed by atoms with Gasteiger partial charge in [0.05, 0.1) is 43.0 Å². The lowest BCUT2D eigenvalue weighted by atomic mass is 9.99. The number of aromatic nitrogens is 4. The molecule has 11 heteroatoms. The van der Waals surface area contributed by atoms with E-state index in [0.29, 0.717) is 13.1 Å². The van der Waals surface area contributed by atoms with Crippen molar-refractivity contribution in [2.24, 2.45) is 0 Å². The average molecular weight is 777 g/mol. The van der Waals surface area contributed by atoms with Crippen molar-refractivity contribution in [2.75, 3.05) is 48.4 Å². The summed E-state index contributed by atoms with van der Waals surface area (Å²) < 4.78 is 5.83. The fourth-order valence-electron chi connectivity index (χ4n) is 8.77. The molecule has 0 saturated carbocycles. The molecule has 2 aliphatic rings. The molecule has 2 saturated heterocycles. The van der Waals surface area contributed by atoms with E-state index < -0.39 is 0 Å². The lowest BCUT2D eigenvalue weighted by Crippen LogP contribution is -2.40. The third-order valence-corrected chi connectivity index (χ3v) is 11.6. The van der Waals surface area contributed by atoms with Gasteiger partial charge < -0.3 is 24.5 Å². The van der Waals surface area contributed by atoms with Crippen LogP contribution in [0.15, 0.2) is 116 Å². The van der Waals surface area contributed by atoms with Gasteiger partial charge in [-0.25, -0.2) is 9.97 Å². The Balaban J connectivity index is 0.991. The lowest BCUT2D eigenvalue weighted by Gasteiger charge is -2.31. The van der Waals surface area contributed by atoms with E-state index in [0.717, 1.165) is 87.9 Å². The number of nitrogens with one attached hydrogen (secondary N) is 2. The van der Waals surface area contributed by atoms with Crippen LogP contribution in [-0.4, -0.2) is 99.7 Å². The summed E-state index contributed by atoms with van der Waals surface area (Å²) in [5.74, 6) is 2.50. The Hall–Kier alpha value is -6.04. The number of methoxy groups -OCH3 is 1. The molecule has 4 atom stereocenters. The summed E-state index contributed by atoms with van der Waals surface area (Å²) in [7, 11) is 9.50. The molecule has 2 N–H and O–H groups in total. The van der Waals surface area contributed by atoms with E-state index in [-0.39, 0.29) is 36.0 Å². The van der Waals surface area contributed by atoms with Crippen LogP contribution in [0.3, 0.4) is 0 Å². The number of H-pyrrole nitrogens is 2. The summed E-state index contributed by atoms with van der Waals surface area (Å²) in [4.78, 5) is 52.7. The third-order valence-electron chi connectivity index (χ3n) is 11.6. The van der Waals surface area contributed by atoms with E-state index in [1.54, 1.807) is 7.11 Å². The van der Waals surface area contributed by atoms with Crippen molar-refractivity contribution in [1.82, 2.24) is 39.5 Å². The number of carbonyl (C=O) groups excluding carboxylic acids is 2. The number of likely N-dealkylation sites (tertiary alicyclic amines) is 2. The van der Waals surface area contributed by atoms with E-state index in [9.17, 15) is 9.59 Å². The molecule has 11 nitrogen and oxygen atoms in total. The van der Waals surface area contributed by atoms with Crippen LogP contribution >= 0.6 is 0 Å². The molecular formula is C47H52N8O3. The Morgan fingerprint density at radius 1 is 0.638 bits per heavy atom. The van der Waals surface area contributed by atoms with Crippen molar-refractivity contribution in [2.45, 2.75) is 49.9 Å². The number of likely N-dealkylation sites (N-methyl/N-ethyl adjacent to an activating group) is 2. The zero-order valence-corrected chi connectivity index (χ0v) is 33.9. The molecule has 4 heterocycles. The molecule has 0 spiro atoms. The van der Waals surface area contributed by atoms with Crippen LogP contribution in [0.5, 0.6) is 5.75 Å². The van der Waals surface area contributed by atoms with Crippen LogP contribution in [0.25, 0.3) is 33.6 Å². The number of nitrogens with zero attached hydrogens (tertiary/aromatic N) is 6. The van der Waals surface area contributed by atoms with Crippen molar-refractivity contribution in [3.8, 4) is 39.4 Å². The topological polar surface area (TPSA) is 114 Å². The minimum atomic E-state index is -0.371. The maximum Gasteiger partial charge on any atom is 0.245 e. The molecule has 58 heavy (non-hydrogen) atoms. The summed E-state index contributed by atoms with van der Waals surface area (Å²) in [6.07, 6.45) is 7.28.